The van der Waals surface area contributed by atoms with Gasteiger partial charge in [-0.25, -0.2) is 9.37 Å². The Morgan fingerprint density at radius 1 is 1.31 bits per heavy atom. The number of rotatable bonds is 0. The Morgan fingerprint density at radius 2 is 2.08 bits per heavy atom. The van der Waals surface area contributed by atoms with E-state index in [1.165, 1.54) is 12.3 Å². The van der Waals surface area contributed by atoms with Crippen molar-refractivity contribution in [1.82, 2.24) is 9.97 Å². The SMILES string of the molecule is Oc1ccnc2cc(F)c(F)nc12. The molecule has 0 aliphatic carbocycles. The smallest absolute Gasteiger partial charge is 0.249 e. The van der Waals surface area contributed by atoms with Crippen LogP contribution in [0.5, 0.6) is 5.75 Å². The van der Waals surface area contributed by atoms with Crippen molar-refractivity contribution >= 4 is 11.0 Å². The summed E-state index contributed by atoms with van der Waals surface area (Å²) >= 11 is 0. The lowest BCUT2D eigenvalue weighted by Gasteiger charge is -1.98. The molecule has 0 amide bonds. The number of hydrogen-bond donors (Lipinski definition) is 1. The van der Waals surface area contributed by atoms with Crippen LogP contribution < -0.4 is 0 Å². The average Bonchev–Trinajstić information content (AvgIpc) is 2.09. The Bertz CT molecular complexity index is 473. The van der Waals surface area contributed by atoms with Crippen molar-refractivity contribution in [3.8, 4) is 5.75 Å². The maximum atomic E-state index is 12.6. The molecule has 2 heterocycles. The normalized spacial score (nSPS) is 10.6. The third-order valence-electron chi connectivity index (χ3n) is 1.60. The highest BCUT2D eigenvalue weighted by molar-refractivity contribution is 5.79. The molecule has 0 aliphatic rings. The Hall–Kier alpha value is -1.78. The maximum absolute atomic E-state index is 12.6. The molecule has 0 radical (unpaired) electrons. The third-order valence-corrected chi connectivity index (χ3v) is 1.60. The van der Waals surface area contributed by atoms with E-state index in [4.69, 9.17) is 0 Å². The molecule has 13 heavy (non-hydrogen) atoms. The van der Waals surface area contributed by atoms with E-state index >= 15 is 0 Å². The van der Waals surface area contributed by atoms with Crippen molar-refractivity contribution in [1.29, 1.82) is 0 Å². The van der Waals surface area contributed by atoms with E-state index in [0.29, 0.717) is 0 Å². The standard InChI is InChI=1S/C8H4F2N2O/c9-4-3-5-7(12-8(4)10)6(13)1-2-11-5/h1-3H,(H,11,13). The molecule has 0 spiro atoms. The van der Waals surface area contributed by atoms with Crippen LogP contribution in [0.15, 0.2) is 18.3 Å². The lowest BCUT2D eigenvalue weighted by atomic mass is 10.3. The van der Waals surface area contributed by atoms with Crippen LogP contribution in [-0.4, -0.2) is 15.1 Å². The summed E-state index contributed by atoms with van der Waals surface area (Å²) in [6.45, 7) is 0. The Labute approximate surface area is 71.7 Å². The number of fused-ring (bicyclic) bond motifs is 1. The molecule has 0 saturated carbocycles. The highest BCUT2D eigenvalue weighted by Crippen LogP contribution is 2.21. The van der Waals surface area contributed by atoms with Crippen molar-refractivity contribution < 1.29 is 13.9 Å². The number of aromatic nitrogens is 2. The van der Waals surface area contributed by atoms with E-state index in [1.807, 2.05) is 0 Å². The van der Waals surface area contributed by atoms with E-state index < -0.39 is 11.8 Å². The molecule has 0 bridgehead atoms. The predicted molar refractivity (Wildman–Crippen MR) is 41.1 cm³/mol. The van der Waals surface area contributed by atoms with Gasteiger partial charge in [-0.3, -0.25) is 4.98 Å². The summed E-state index contributed by atoms with van der Waals surface area (Å²) < 4.78 is 25.2. The highest BCUT2D eigenvalue weighted by Gasteiger charge is 2.08. The fraction of sp³-hybridized carbons (Fsp3) is 0. The Morgan fingerprint density at radius 3 is 2.85 bits per heavy atom. The van der Waals surface area contributed by atoms with Crippen molar-refractivity contribution in [3.63, 3.8) is 0 Å². The molecule has 0 aromatic carbocycles. The number of aromatic hydroxyl groups is 1. The van der Waals surface area contributed by atoms with Gasteiger partial charge in [0.15, 0.2) is 5.82 Å². The summed E-state index contributed by atoms with van der Waals surface area (Å²) in [7, 11) is 0. The lowest BCUT2D eigenvalue weighted by Crippen LogP contribution is -1.92. The zero-order valence-corrected chi connectivity index (χ0v) is 6.33. The summed E-state index contributed by atoms with van der Waals surface area (Å²) in [4.78, 5) is 6.94. The maximum Gasteiger partial charge on any atom is 0.249 e. The van der Waals surface area contributed by atoms with Crippen molar-refractivity contribution in [2.24, 2.45) is 0 Å². The summed E-state index contributed by atoms with van der Waals surface area (Å²) in [5.74, 6) is -2.54. The first kappa shape index (κ1) is 7.85. The van der Waals surface area contributed by atoms with E-state index in [-0.39, 0.29) is 16.8 Å². The van der Waals surface area contributed by atoms with E-state index in [0.717, 1.165) is 6.07 Å². The van der Waals surface area contributed by atoms with Crippen LogP contribution in [0.1, 0.15) is 0 Å². The second-order valence-electron chi connectivity index (χ2n) is 2.46. The molecule has 0 fully saturated rings. The molecule has 1 N–H and O–H groups in total. The van der Waals surface area contributed by atoms with Crippen LogP contribution in [0.2, 0.25) is 0 Å². The van der Waals surface area contributed by atoms with Gasteiger partial charge in [-0.15, -0.1) is 0 Å². The molecular weight excluding hydrogens is 178 g/mol. The minimum Gasteiger partial charge on any atom is -0.506 e. The second-order valence-corrected chi connectivity index (χ2v) is 2.46. The van der Waals surface area contributed by atoms with Gasteiger partial charge in [-0.2, -0.15) is 4.39 Å². The Balaban J connectivity index is 2.89. The highest BCUT2D eigenvalue weighted by atomic mass is 19.2. The van der Waals surface area contributed by atoms with Gasteiger partial charge in [0.25, 0.3) is 0 Å². The van der Waals surface area contributed by atoms with Crippen LogP contribution in [-0.2, 0) is 0 Å². The Kier molecular flexibility index (Phi) is 1.58. The molecular formula is C8H4F2N2O. The van der Waals surface area contributed by atoms with Crippen LogP contribution in [0.25, 0.3) is 11.0 Å². The summed E-state index contributed by atoms with van der Waals surface area (Å²) in [5, 5.41) is 9.19. The number of hydrogen-bond acceptors (Lipinski definition) is 3. The van der Waals surface area contributed by atoms with Crippen LogP contribution in [0, 0.1) is 11.8 Å². The zero-order chi connectivity index (χ0) is 9.42. The minimum absolute atomic E-state index is 0.0404. The van der Waals surface area contributed by atoms with E-state index in [2.05, 4.69) is 9.97 Å². The molecule has 5 heteroatoms. The van der Waals surface area contributed by atoms with E-state index in [1.54, 1.807) is 0 Å². The predicted octanol–water partition coefficient (Wildman–Crippen LogP) is 1.61. The molecule has 0 atom stereocenters. The second kappa shape index (κ2) is 2.62. The zero-order valence-electron chi connectivity index (χ0n) is 6.33. The lowest BCUT2D eigenvalue weighted by molar-refractivity contribution is 0.468. The van der Waals surface area contributed by atoms with Gasteiger partial charge >= 0.3 is 0 Å². The molecule has 2 rings (SSSR count). The molecule has 0 unspecified atom stereocenters. The molecule has 0 saturated heterocycles. The summed E-state index contributed by atoms with van der Waals surface area (Å²) in [5.41, 5.74) is 0.0836. The van der Waals surface area contributed by atoms with Crippen molar-refractivity contribution in [2.75, 3.05) is 0 Å². The van der Waals surface area contributed by atoms with Crippen LogP contribution in [0.3, 0.4) is 0 Å². The average molecular weight is 182 g/mol. The minimum atomic E-state index is -1.24. The number of nitrogens with zero attached hydrogens (tertiary/aromatic N) is 2. The first-order valence-corrected chi connectivity index (χ1v) is 3.48. The first-order chi connectivity index (χ1) is 6.18. The van der Waals surface area contributed by atoms with Gasteiger partial charge in [0.2, 0.25) is 5.95 Å². The van der Waals surface area contributed by atoms with Crippen LogP contribution >= 0.6 is 0 Å². The fourth-order valence-electron chi connectivity index (χ4n) is 1.01. The van der Waals surface area contributed by atoms with E-state index in [9.17, 15) is 13.9 Å². The van der Waals surface area contributed by atoms with Gasteiger partial charge < -0.3 is 5.11 Å². The van der Waals surface area contributed by atoms with Gasteiger partial charge in [-0.1, -0.05) is 0 Å². The van der Waals surface area contributed by atoms with Gasteiger partial charge in [-0.05, 0) is 0 Å². The summed E-state index contributed by atoms with van der Waals surface area (Å²) in [6, 6.07) is 2.14. The molecule has 2 aromatic rings. The molecule has 2 aromatic heterocycles. The van der Waals surface area contributed by atoms with Crippen molar-refractivity contribution in [3.05, 3.63) is 30.1 Å². The largest absolute Gasteiger partial charge is 0.506 e. The van der Waals surface area contributed by atoms with Gasteiger partial charge in [0.05, 0.1) is 5.52 Å². The topological polar surface area (TPSA) is 46.0 Å². The molecule has 3 nitrogen and oxygen atoms in total. The van der Waals surface area contributed by atoms with Crippen LogP contribution in [0.4, 0.5) is 8.78 Å². The number of pyridine rings is 2. The van der Waals surface area contributed by atoms with Crippen molar-refractivity contribution in [2.45, 2.75) is 0 Å². The number of halogens is 2. The fourth-order valence-corrected chi connectivity index (χ4v) is 1.01. The summed E-state index contributed by atoms with van der Waals surface area (Å²) in [6.07, 6.45) is 1.29. The van der Waals surface area contributed by atoms with Gasteiger partial charge in [0, 0.05) is 18.3 Å². The van der Waals surface area contributed by atoms with Gasteiger partial charge in [0.1, 0.15) is 11.3 Å². The monoisotopic (exact) mass is 182 g/mol. The molecule has 66 valence electrons. The third kappa shape index (κ3) is 1.18. The quantitative estimate of drug-likeness (QED) is 0.629. The molecule has 0 aliphatic heterocycles. The first-order valence-electron chi connectivity index (χ1n) is 3.48.